The van der Waals surface area contributed by atoms with Crippen LogP contribution in [0.3, 0.4) is 0 Å². The largest absolute Gasteiger partial charge is 0.362 e. The second-order valence-corrected chi connectivity index (χ2v) is 3.75. The average Bonchev–Trinajstić information content (AvgIpc) is 2.67. The molecule has 0 aliphatic heterocycles. The van der Waals surface area contributed by atoms with Crippen molar-refractivity contribution in [3.05, 3.63) is 103 Å². The van der Waals surface area contributed by atoms with Crippen molar-refractivity contribution in [1.82, 2.24) is 15.0 Å². The Morgan fingerprint density at radius 2 is 1.46 bits per heavy atom. The molecule has 150 valence electrons. The van der Waals surface area contributed by atoms with Gasteiger partial charge < -0.3 is 24.8 Å². The Bertz CT molecular complexity index is 738. The molecule has 0 atom stereocenters. The number of H-pyrrole nitrogens is 2. The molecule has 0 aliphatic rings. The number of aromatic nitrogens is 3. The molecule has 0 unspecified atom stereocenters. The predicted octanol–water partition coefficient (Wildman–Crippen LogP) is 4.36. The molecule has 0 aromatic carbocycles. The number of hydrogen-bond acceptors (Lipinski definition) is 3. The Kier molecular flexibility index (Phi) is 35.6. The molecule has 3 aromatic heterocycles. The van der Waals surface area contributed by atoms with Gasteiger partial charge in [-0.25, -0.2) is 12.1 Å². The fourth-order valence-corrected chi connectivity index (χ4v) is 1.41. The summed E-state index contributed by atoms with van der Waals surface area (Å²) in [7, 11) is 0. The maximum Gasteiger partial charge on any atom is 0.155 e. The fraction of sp³-hybridized carbons (Fsp3) is 0.190. The summed E-state index contributed by atoms with van der Waals surface area (Å²) in [6, 6.07) is 13.7. The zero-order chi connectivity index (χ0) is 18.2. The van der Waals surface area contributed by atoms with E-state index in [1.54, 1.807) is 43.0 Å². The van der Waals surface area contributed by atoms with Gasteiger partial charge in [0.25, 0.3) is 0 Å². The minimum atomic E-state index is -0.215. The molecule has 5 nitrogen and oxygen atoms in total. The molecule has 7 heteroatoms. The Hall–Kier alpha value is -0.742. The Morgan fingerprint density at radius 1 is 0.857 bits per heavy atom. The van der Waals surface area contributed by atoms with Crippen LogP contribution < -0.4 is 11.1 Å². The second kappa shape index (κ2) is 26.3. The molecular formula is C21H29N3O2Y2-4. The van der Waals surface area contributed by atoms with Crippen LogP contribution >= 0.6 is 0 Å². The standard InChI is InChI=1S/C10H7N2O.C5H4NO.2C2H6.2CH3.2Y/c13-10-4-3-9(7-12-10)8-2-1-5-11-6-8;7-5-3-1-2-4-6-5;2*1-2;;;;/h1-3,5-7H,(H,12,13);1-2,4H,(H,6,7);2*1-2H3;2*1H3;;/q2*-1;;;2*-1;;. The smallest absolute Gasteiger partial charge is 0.155 e. The first-order valence-corrected chi connectivity index (χ1v) is 7.82. The van der Waals surface area contributed by atoms with Gasteiger partial charge >= 0.3 is 0 Å². The molecule has 0 fully saturated rings. The third-order valence-electron chi connectivity index (χ3n) is 2.33. The van der Waals surface area contributed by atoms with E-state index in [0.29, 0.717) is 0 Å². The van der Waals surface area contributed by atoms with Crippen LogP contribution in [0.1, 0.15) is 27.7 Å². The van der Waals surface area contributed by atoms with E-state index in [1.807, 2.05) is 39.8 Å². The Morgan fingerprint density at radius 3 is 1.82 bits per heavy atom. The topological polar surface area (TPSA) is 78.6 Å². The molecule has 3 rings (SSSR count). The zero-order valence-corrected chi connectivity index (χ0v) is 23.3. The first-order chi connectivity index (χ1) is 11.8. The van der Waals surface area contributed by atoms with E-state index in [4.69, 9.17) is 0 Å². The molecule has 3 heterocycles. The summed E-state index contributed by atoms with van der Waals surface area (Å²) in [6.07, 6.45) is 6.66. The fourth-order valence-electron chi connectivity index (χ4n) is 1.41. The van der Waals surface area contributed by atoms with Crippen LogP contribution in [-0.4, -0.2) is 15.0 Å². The third kappa shape index (κ3) is 17.4. The van der Waals surface area contributed by atoms with E-state index in [9.17, 15) is 9.59 Å². The molecule has 0 bridgehead atoms. The maximum absolute atomic E-state index is 10.7. The molecule has 28 heavy (non-hydrogen) atoms. The van der Waals surface area contributed by atoms with Crippen molar-refractivity contribution in [3.63, 3.8) is 0 Å². The van der Waals surface area contributed by atoms with E-state index in [2.05, 4.69) is 27.1 Å². The third-order valence-corrected chi connectivity index (χ3v) is 2.33. The van der Waals surface area contributed by atoms with Crippen LogP contribution in [0.5, 0.6) is 0 Å². The van der Waals surface area contributed by atoms with Gasteiger partial charge in [-0.05, 0) is 6.07 Å². The van der Waals surface area contributed by atoms with Crippen LogP contribution in [-0.2, 0) is 65.4 Å². The monoisotopic (exact) mass is 533 g/mol. The molecule has 2 radical (unpaired) electrons. The van der Waals surface area contributed by atoms with Crippen molar-refractivity contribution in [2.24, 2.45) is 0 Å². The van der Waals surface area contributed by atoms with Crippen molar-refractivity contribution in [2.45, 2.75) is 27.7 Å². The maximum atomic E-state index is 10.7. The number of aromatic amines is 2. The summed E-state index contributed by atoms with van der Waals surface area (Å²) in [6.45, 7) is 8.00. The van der Waals surface area contributed by atoms with Crippen LogP contribution in [0.15, 0.2) is 64.7 Å². The SMILES string of the molecule is CC.CC.O=c1[c-]cc(-c2cccnc2)c[nH]1.O=c1[c-]ccc[nH]1.[CH3-].[CH3-].[Y].[Y]. The molecule has 2 N–H and O–H groups in total. The van der Waals surface area contributed by atoms with Crippen LogP contribution in [0.4, 0.5) is 0 Å². The number of pyridine rings is 3. The summed E-state index contributed by atoms with van der Waals surface area (Å²) in [4.78, 5) is 29.8. The van der Waals surface area contributed by atoms with E-state index >= 15 is 0 Å². The Labute approximate surface area is 220 Å². The molecule has 3 aromatic rings. The number of nitrogens with one attached hydrogen (secondary N) is 2. The zero-order valence-electron chi connectivity index (χ0n) is 17.6. The van der Waals surface area contributed by atoms with Gasteiger partial charge in [0.1, 0.15) is 0 Å². The van der Waals surface area contributed by atoms with Gasteiger partial charge in [-0.3, -0.25) is 14.6 Å². The van der Waals surface area contributed by atoms with E-state index < -0.39 is 0 Å². The number of hydrogen-bond donors (Lipinski definition) is 2. The number of nitrogens with zero attached hydrogens (tertiary/aromatic N) is 1. The first kappa shape index (κ1) is 37.9. The first-order valence-electron chi connectivity index (χ1n) is 7.82. The Balaban J connectivity index is -0.000000103. The van der Waals surface area contributed by atoms with E-state index in [1.165, 1.54) is 0 Å². The summed E-state index contributed by atoms with van der Waals surface area (Å²) < 4.78 is 0. The van der Waals surface area contributed by atoms with Crippen LogP contribution in [0.2, 0.25) is 0 Å². The average molecular weight is 533 g/mol. The van der Waals surface area contributed by atoms with Crippen molar-refractivity contribution in [2.75, 3.05) is 0 Å². The normalized spacial score (nSPS) is 7.14. The van der Waals surface area contributed by atoms with Gasteiger partial charge in [0, 0.05) is 77.8 Å². The van der Waals surface area contributed by atoms with Gasteiger partial charge in [-0.1, -0.05) is 51.7 Å². The summed E-state index contributed by atoms with van der Waals surface area (Å²) in [5, 5.41) is 0. The van der Waals surface area contributed by atoms with E-state index in [0.717, 1.165) is 11.1 Å². The second-order valence-electron chi connectivity index (χ2n) is 3.75. The summed E-state index contributed by atoms with van der Waals surface area (Å²) in [5.41, 5.74) is 1.48. The van der Waals surface area contributed by atoms with Gasteiger partial charge in [0.05, 0.1) is 0 Å². The van der Waals surface area contributed by atoms with Gasteiger partial charge in [-0.2, -0.15) is 23.8 Å². The van der Waals surface area contributed by atoms with Crippen molar-refractivity contribution in [1.29, 1.82) is 0 Å². The molecule has 0 spiro atoms. The predicted molar refractivity (Wildman–Crippen MR) is 111 cm³/mol. The molecular weight excluding hydrogens is 504 g/mol. The molecule has 0 amide bonds. The van der Waals surface area contributed by atoms with Gasteiger partial charge in [-0.15, -0.1) is 0 Å². The molecule has 0 saturated heterocycles. The van der Waals surface area contributed by atoms with Crippen molar-refractivity contribution in [3.8, 4) is 11.1 Å². The summed E-state index contributed by atoms with van der Waals surface area (Å²) >= 11 is 0. The van der Waals surface area contributed by atoms with Crippen LogP contribution in [0.25, 0.3) is 11.1 Å². The van der Waals surface area contributed by atoms with E-state index in [-0.39, 0.29) is 91.4 Å². The van der Waals surface area contributed by atoms with Crippen molar-refractivity contribution < 1.29 is 65.4 Å². The van der Waals surface area contributed by atoms with Gasteiger partial charge in [0.2, 0.25) is 0 Å². The minimum Gasteiger partial charge on any atom is -0.362 e. The quantitative estimate of drug-likeness (QED) is 0.457. The van der Waals surface area contributed by atoms with Gasteiger partial charge in [0.15, 0.2) is 11.1 Å². The summed E-state index contributed by atoms with van der Waals surface area (Å²) in [5.74, 6) is 0. The minimum absolute atomic E-state index is 0. The van der Waals surface area contributed by atoms with Crippen molar-refractivity contribution >= 4 is 0 Å². The molecule has 0 aliphatic carbocycles. The number of rotatable bonds is 1. The van der Waals surface area contributed by atoms with Crippen LogP contribution in [0, 0.1) is 27.0 Å². The molecule has 0 saturated carbocycles.